The van der Waals surface area contributed by atoms with Crippen molar-refractivity contribution in [2.45, 2.75) is 58.0 Å². The molecule has 2 aliphatic heterocycles. The second-order valence-electron chi connectivity index (χ2n) is 11.0. The van der Waals surface area contributed by atoms with E-state index in [0.29, 0.717) is 50.9 Å². The van der Waals surface area contributed by atoms with Crippen molar-refractivity contribution in [1.82, 2.24) is 14.7 Å². The summed E-state index contributed by atoms with van der Waals surface area (Å²) in [5.41, 5.74) is -0.459. The number of alkyl halides is 6. The van der Waals surface area contributed by atoms with Gasteiger partial charge in [-0.25, -0.2) is 0 Å². The maximum atomic E-state index is 13.6. The van der Waals surface area contributed by atoms with Gasteiger partial charge in [-0.3, -0.25) is 14.6 Å². The molecular weight excluding hydrogens is 548 g/mol. The molecule has 2 aromatic carbocycles. The highest BCUT2D eigenvalue weighted by Crippen LogP contribution is 2.37. The number of carbonyl (C=O) groups excluding carboxylic acids is 1. The number of piperazine rings is 1. The van der Waals surface area contributed by atoms with Crippen molar-refractivity contribution in [3.8, 4) is 0 Å². The fraction of sp³-hybridized carbons (Fsp3) is 0.567. The summed E-state index contributed by atoms with van der Waals surface area (Å²) in [5, 5.41) is 0. The lowest BCUT2D eigenvalue weighted by molar-refractivity contribution is -0.143. The van der Waals surface area contributed by atoms with Crippen molar-refractivity contribution in [2.24, 2.45) is 0 Å². The Morgan fingerprint density at radius 3 is 2.17 bits per heavy atom. The summed E-state index contributed by atoms with van der Waals surface area (Å²) in [6, 6.07) is 6.97. The van der Waals surface area contributed by atoms with E-state index >= 15 is 0 Å². The van der Waals surface area contributed by atoms with Gasteiger partial charge in [-0.05, 0) is 61.6 Å². The summed E-state index contributed by atoms with van der Waals surface area (Å²) in [4.78, 5) is 19.7. The van der Waals surface area contributed by atoms with Crippen LogP contribution in [0.5, 0.6) is 0 Å². The topological polar surface area (TPSA) is 36.0 Å². The van der Waals surface area contributed by atoms with Gasteiger partial charge in [0.05, 0.1) is 24.3 Å². The van der Waals surface area contributed by atoms with Gasteiger partial charge in [0.15, 0.2) is 0 Å². The van der Waals surface area contributed by atoms with Gasteiger partial charge in [-0.15, -0.1) is 0 Å². The van der Waals surface area contributed by atoms with Crippen LogP contribution in [0.2, 0.25) is 0 Å². The van der Waals surface area contributed by atoms with Crippen LogP contribution in [0, 0.1) is 13.8 Å². The average molecular weight is 586 g/mol. The molecule has 4 rings (SSSR count). The van der Waals surface area contributed by atoms with Crippen molar-refractivity contribution < 1.29 is 35.9 Å². The number of ether oxygens (including phenoxy) is 1. The highest BCUT2D eigenvalue weighted by atomic mass is 19.4. The van der Waals surface area contributed by atoms with E-state index in [-0.39, 0.29) is 12.6 Å². The van der Waals surface area contributed by atoms with E-state index in [2.05, 4.69) is 16.7 Å². The maximum absolute atomic E-state index is 13.6. The Morgan fingerprint density at radius 2 is 1.56 bits per heavy atom. The molecule has 226 valence electrons. The Hall–Kier alpha value is -2.63. The SMILES string of the molecule is CC[C@@H]1COCCN1CCN1CCN(C(=O)c2cc(C(F)(F)F)cc(C(F)(F)F)c2)[C@H](Cc2ccc(C)c(C)c2)C1. The second kappa shape index (κ2) is 12.7. The second-order valence-corrected chi connectivity index (χ2v) is 11.0. The Morgan fingerprint density at radius 1 is 0.878 bits per heavy atom. The molecular formula is C30H37F6N3O2. The molecule has 2 saturated heterocycles. The zero-order valence-corrected chi connectivity index (χ0v) is 23.6. The quantitative estimate of drug-likeness (QED) is 0.384. The Labute approximate surface area is 237 Å². The number of nitrogens with zero attached hydrogens (tertiary/aromatic N) is 3. The van der Waals surface area contributed by atoms with Crippen molar-refractivity contribution in [1.29, 1.82) is 0 Å². The van der Waals surface area contributed by atoms with E-state index in [4.69, 9.17) is 4.74 Å². The molecule has 0 unspecified atom stereocenters. The predicted molar refractivity (Wildman–Crippen MR) is 144 cm³/mol. The minimum absolute atomic E-state index is 0.0521. The van der Waals surface area contributed by atoms with Gasteiger partial charge in [0.25, 0.3) is 5.91 Å². The largest absolute Gasteiger partial charge is 0.416 e. The molecule has 0 aliphatic carbocycles. The van der Waals surface area contributed by atoms with E-state index in [1.165, 1.54) is 4.90 Å². The lowest BCUT2D eigenvalue weighted by Gasteiger charge is -2.43. The number of morpholine rings is 1. The first-order chi connectivity index (χ1) is 19.3. The van der Waals surface area contributed by atoms with Crippen LogP contribution in [0.25, 0.3) is 0 Å². The Kier molecular flexibility index (Phi) is 9.70. The first kappa shape index (κ1) is 31.3. The molecule has 2 aromatic rings. The number of halogens is 6. The number of hydrogen-bond donors (Lipinski definition) is 0. The molecule has 2 atom stereocenters. The Bertz CT molecular complexity index is 1180. The summed E-state index contributed by atoms with van der Waals surface area (Å²) in [6.45, 7) is 11.0. The summed E-state index contributed by atoms with van der Waals surface area (Å²) >= 11 is 0. The van der Waals surface area contributed by atoms with Gasteiger partial charge in [-0.2, -0.15) is 26.3 Å². The molecule has 41 heavy (non-hydrogen) atoms. The normalized spacial score (nSPS) is 21.3. The molecule has 0 spiro atoms. The van der Waals surface area contributed by atoms with E-state index < -0.39 is 41.0 Å². The fourth-order valence-electron chi connectivity index (χ4n) is 5.64. The fourth-order valence-corrected chi connectivity index (χ4v) is 5.64. The number of rotatable bonds is 7. The molecule has 5 nitrogen and oxygen atoms in total. The van der Waals surface area contributed by atoms with Crippen LogP contribution in [0.3, 0.4) is 0 Å². The van der Waals surface area contributed by atoms with Crippen LogP contribution in [-0.4, -0.2) is 85.2 Å². The van der Waals surface area contributed by atoms with E-state index in [0.717, 1.165) is 42.7 Å². The average Bonchev–Trinajstić information content (AvgIpc) is 2.92. The molecule has 2 aliphatic rings. The minimum atomic E-state index is -5.02. The molecule has 0 N–H and O–H groups in total. The van der Waals surface area contributed by atoms with E-state index in [9.17, 15) is 31.1 Å². The zero-order valence-electron chi connectivity index (χ0n) is 23.6. The first-order valence-corrected chi connectivity index (χ1v) is 14.0. The number of hydrogen-bond acceptors (Lipinski definition) is 4. The van der Waals surface area contributed by atoms with Crippen molar-refractivity contribution in [2.75, 3.05) is 52.5 Å². The number of carbonyl (C=O) groups is 1. The van der Waals surface area contributed by atoms with Crippen LogP contribution in [0.4, 0.5) is 26.3 Å². The molecule has 0 aromatic heterocycles. The molecule has 0 saturated carbocycles. The molecule has 2 fully saturated rings. The van der Waals surface area contributed by atoms with Crippen LogP contribution >= 0.6 is 0 Å². The van der Waals surface area contributed by atoms with Crippen LogP contribution in [-0.2, 0) is 23.5 Å². The van der Waals surface area contributed by atoms with Gasteiger partial charge < -0.3 is 9.64 Å². The molecule has 2 heterocycles. The van der Waals surface area contributed by atoms with Crippen LogP contribution in [0.15, 0.2) is 36.4 Å². The molecule has 1 amide bonds. The van der Waals surface area contributed by atoms with E-state index in [1.807, 2.05) is 32.0 Å². The van der Waals surface area contributed by atoms with Gasteiger partial charge in [0.2, 0.25) is 0 Å². The number of aryl methyl sites for hydroxylation is 2. The van der Waals surface area contributed by atoms with Crippen LogP contribution < -0.4 is 0 Å². The third kappa shape index (κ3) is 7.81. The summed E-state index contributed by atoms with van der Waals surface area (Å²) in [6.07, 6.45) is -8.65. The lowest BCUT2D eigenvalue weighted by atomic mass is 9.97. The summed E-state index contributed by atoms with van der Waals surface area (Å²) < 4.78 is 86.6. The minimum Gasteiger partial charge on any atom is -0.378 e. The molecule has 11 heteroatoms. The van der Waals surface area contributed by atoms with Gasteiger partial charge >= 0.3 is 12.4 Å². The van der Waals surface area contributed by atoms with Crippen LogP contribution in [0.1, 0.15) is 51.5 Å². The lowest BCUT2D eigenvalue weighted by Crippen LogP contribution is -2.57. The summed E-state index contributed by atoms with van der Waals surface area (Å²) in [7, 11) is 0. The number of amides is 1. The van der Waals surface area contributed by atoms with Gasteiger partial charge in [-0.1, -0.05) is 25.1 Å². The smallest absolute Gasteiger partial charge is 0.378 e. The third-order valence-corrected chi connectivity index (χ3v) is 8.23. The van der Waals surface area contributed by atoms with Gasteiger partial charge in [0.1, 0.15) is 0 Å². The molecule has 0 bridgehead atoms. The zero-order chi connectivity index (χ0) is 29.9. The maximum Gasteiger partial charge on any atom is 0.416 e. The molecule has 0 radical (unpaired) electrons. The van der Waals surface area contributed by atoms with Gasteiger partial charge in [0, 0.05) is 56.9 Å². The number of benzene rings is 2. The summed E-state index contributed by atoms with van der Waals surface area (Å²) in [5.74, 6) is -0.825. The highest BCUT2D eigenvalue weighted by molar-refractivity contribution is 5.95. The first-order valence-electron chi connectivity index (χ1n) is 14.0. The van der Waals surface area contributed by atoms with E-state index in [1.54, 1.807) is 0 Å². The Balaban J connectivity index is 1.59. The highest BCUT2D eigenvalue weighted by Gasteiger charge is 2.39. The predicted octanol–water partition coefficient (Wildman–Crippen LogP) is 5.82. The monoisotopic (exact) mass is 585 g/mol. The third-order valence-electron chi connectivity index (χ3n) is 8.23. The standard InChI is InChI=1S/C30H37F6N3O2/c1-4-26-19-41-12-11-38(26)9-7-37-8-10-39(27(18-37)14-22-6-5-20(2)21(3)13-22)28(40)23-15-24(29(31,32)33)17-25(16-23)30(34,35)36/h5-6,13,15-17,26-27H,4,7-12,14,18-19H2,1-3H3/t26-,27-/m1/s1. The van der Waals surface area contributed by atoms with Crippen molar-refractivity contribution in [3.63, 3.8) is 0 Å². The van der Waals surface area contributed by atoms with Crippen molar-refractivity contribution in [3.05, 3.63) is 69.8 Å². The van der Waals surface area contributed by atoms with Crippen molar-refractivity contribution >= 4 is 5.91 Å².